The van der Waals surface area contributed by atoms with Gasteiger partial charge in [-0.05, 0) is 49.1 Å². The fourth-order valence-corrected chi connectivity index (χ4v) is 2.62. The minimum Gasteiger partial charge on any atom is -0.339 e. The maximum Gasteiger partial charge on any atom is 0.227 e. The van der Waals surface area contributed by atoms with E-state index in [-0.39, 0.29) is 5.41 Å². The normalized spacial score (nSPS) is 17.2. The third kappa shape index (κ3) is 2.51. The lowest BCUT2D eigenvalue weighted by Gasteiger charge is -2.39. The molecule has 1 heterocycles. The first kappa shape index (κ1) is 12.6. The number of benzene rings is 1. The lowest BCUT2D eigenvalue weighted by atomic mass is 9.67. The van der Waals surface area contributed by atoms with Crippen LogP contribution in [0.25, 0.3) is 11.4 Å². The summed E-state index contributed by atoms with van der Waals surface area (Å²) in [6.07, 6.45) is 4.34. The summed E-state index contributed by atoms with van der Waals surface area (Å²) in [6.45, 7) is 0.686. The van der Waals surface area contributed by atoms with E-state index in [0.717, 1.165) is 24.8 Å². The first-order valence-corrected chi connectivity index (χ1v) is 6.87. The van der Waals surface area contributed by atoms with Crippen LogP contribution in [-0.4, -0.2) is 16.7 Å². The van der Waals surface area contributed by atoms with Crippen molar-refractivity contribution in [3.8, 4) is 11.4 Å². The Kier molecular flexibility index (Phi) is 3.29. The Morgan fingerprint density at radius 3 is 2.58 bits per heavy atom. The van der Waals surface area contributed by atoms with Crippen LogP contribution in [0.1, 0.15) is 25.2 Å². The number of hydrogen-bond donors (Lipinski definition) is 1. The van der Waals surface area contributed by atoms with E-state index in [1.807, 2.05) is 24.3 Å². The van der Waals surface area contributed by atoms with Crippen molar-refractivity contribution >= 4 is 11.6 Å². The second kappa shape index (κ2) is 4.94. The molecule has 1 aliphatic carbocycles. The molecule has 1 saturated carbocycles. The Labute approximate surface area is 117 Å². The largest absolute Gasteiger partial charge is 0.339 e. The Bertz CT molecular complexity index is 555. The van der Waals surface area contributed by atoms with E-state index in [1.54, 1.807) is 0 Å². The van der Waals surface area contributed by atoms with Crippen molar-refractivity contribution in [1.82, 2.24) is 10.1 Å². The molecule has 19 heavy (non-hydrogen) atoms. The van der Waals surface area contributed by atoms with E-state index in [2.05, 4.69) is 10.1 Å². The first-order valence-electron chi connectivity index (χ1n) is 6.49. The zero-order chi connectivity index (χ0) is 13.3. The van der Waals surface area contributed by atoms with E-state index in [1.165, 1.54) is 6.42 Å². The molecule has 2 N–H and O–H groups in total. The van der Waals surface area contributed by atoms with Crippen molar-refractivity contribution in [3.63, 3.8) is 0 Å². The van der Waals surface area contributed by atoms with E-state index in [4.69, 9.17) is 21.9 Å². The van der Waals surface area contributed by atoms with Gasteiger partial charge in [0.1, 0.15) is 0 Å². The van der Waals surface area contributed by atoms with Crippen LogP contribution in [0.15, 0.2) is 28.8 Å². The minimum atomic E-state index is 0.184. The van der Waals surface area contributed by atoms with Gasteiger partial charge < -0.3 is 10.3 Å². The summed E-state index contributed by atoms with van der Waals surface area (Å²) in [5, 5.41) is 4.72. The molecule has 0 bridgehead atoms. The van der Waals surface area contributed by atoms with Crippen LogP contribution in [0, 0.1) is 5.41 Å². The number of rotatable bonds is 4. The molecule has 1 aromatic carbocycles. The van der Waals surface area contributed by atoms with Gasteiger partial charge in [-0.25, -0.2) is 0 Å². The summed E-state index contributed by atoms with van der Waals surface area (Å²) in [6, 6.07) is 7.42. The average molecular weight is 278 g/mol. The lowest BCUT2D eigenvalue weighted by molar-refractivity contribution is 0.129. The average Bonchev–Trinajstić information content (AvgIpc) is 2.83. The molecule has 0 radical (unpaired) electrons. The molecule has 1 fully saturated rings. The highest BCUT2D eigenvalue weighted by atomic mass is 35.5. The zero-order valence-corrected chi connectivity index (χ0v) is 11.4. The second-order valence-corrected chi connectivity index (χ2v) is 5.69. The zero-order valence-electron chi connectivity index (χ0n) is 10.6. The van der Waals surface area contributed by atoms with Crippen molar-refractivity contribution in [2.45, 2.75) is 25.7 Å². The monoisotopic (exact) mass is 277 g/mol. The van der Waals surface area contributed by atoms with E-state index in [9.17, 15) is 0 Å². The molecular weight excluding hydrogens is 262 g/mol. The van der Waals surface area contributed by atoms with Gasteiger partial charge in [0, 0.05) is 17.0 Å². The molecule has 4 nitrogen and oxygen atoms in total. The topological polar surface area (TPSA) is 64.9 Å². The quantitative estimate of drug-likeness (QED) is 0.933. The molecule has 100 valence electrons. The van der Waals surface area contributed by atoms with Gasteiger partial charge in [-0.1, -0.05) is 23.2 Å². The van der Waals surface area contributed by atoms with Gasteiger partial charge in [0.2, 0.25) is 11.7 Å². The Balaban J connectivity index is 1.77. The Morgan fingerprint density at radius 2 is 2.00 bits per heavy atom. The molecule has 0 aliphatic heterocycles. The third-order valence-electron chi connectivity index (χ3n) is 3.94. The second-order valence-electron chi connectivity index (χ2n) is 5.25. The van der Waals surface area contributed by atoms with Crippen molar-refractivity contribution < 1.29 is 4.52 Å². The van der Waals surface area contributed by atoms with Crippen LogP contribution < -0.4 is 5.73 Å². The molecular formula is C14H16ClN3O. The van der Waals surface area contributed by atoms with E-state index < -0.39 is 0 Å². The summed E-state index contributed by atoms with van der Waals surface area (Å²) in [5.74, 6) is 1.29. The molecule has 1 aromatic heterocycles. The molecule has 0 amide bonds. The van der Waals surface area contributed by atoms with Gasteiger partial charge in [0.15, 0.2) is 0 Å². The van der Waals surface area contributed by atoms with Gasteiger partial charge in [-0.3, -0.25) is 0 Å². The summed E-state index contributed by atoms with van der Waals surface area (Å²) < 4.78 is 5.33. The summed E-state index contributed by atoms with van der Waals surface area (Å²) in [7, 11) is 0. The fraction of sp³-hybridized carbons (Fsp3) is 0.429. The highest BCUT2D eigenvalue weighted by Crippen LogP contribution is 2.42. The van der Waals surface area contributed by atoms with Crippen molar-refractivity contribution in [2.75, 3.05) is 6.54 Å². The van der Waals surface area contributed by atoms with Gasteiger partial charge >= 0.3 is 0 Å². The molecule has 0 unspecified atom stereocenters. The van der Waals surface area contributed by atoms with E-state index >= 15 is 0 Å². The van der Waals surface area contributed by atoms with Crippen molar-refractivity contribution in [3.05, 3.63) is 35.2 Å². The van der Waals surface area contributed by atoms with Gasteiger partial charge in [0.25, 0.3) is 0 Å². The van der Waals surface area contributed by atoms with Crippen molar-refractivity contribution in [1.29, 1.82) is 0 Å². The molecule has 1 aliphatic rings. The Morgan fingerprint density at radius 1 is 1.26 bits per heavy atom. The van der Waals surface area contributed by atoms with E-state index in [0.29, 0.717) is 23.3 Å². The van der Waals surface area contributed by atoms with Crippen LogP contribution >= 0.6 is 11.6 Å². The number of nitrogens with zero attached hydrogens (tertiary/aromatic N) is 2. The standard InChI is InChI=1S/C14H16ClN3O/c15-11-4-2-10(3-5-11)13-17-12(19-18-13)8-14(9-16)6-1-7-14/h2-5H,1,6-9,16H2. The maximum atomic E-state index is 5.86. The lowest BCUT2D eigenvalue weighted by Crippen LogP contribution is -2.39. The van der Waals surface area contributed by atoms with Gasteiger partial charge in [0.05, 0.1) is 0 Å². The fourth-order valence-electron chi connectivity index (χ4n) is 2.49. The number of aromatic nitrogens is 2. The van der Waals surface area contributed by atoms with Gasteiger partial charge in [-0.15, -0.1) is 0 Å². The molecule has 0 saturated heterocycles. The number of hydrogen-bond acceptors (Lipinski definition) is 4. The van der Waals surface area contributed by atoms with Crippen molar-refractivity contribution in [2.24, 2.45) is 11.1 Å². The Hall–Kier alpha value is -1.39. The number of halogens is 1. The summed E-state index contributed by atoms with van der Waals surface area (Å²) in [4.78, 5) is 4.45. The number of nitrogens with two attached hydrogens (primary N) is 1. The van der Waals surface area contributed by atoms with Crippen LogP contribution in [0.3, 0.4) is 0 Å². The van der Waals surface area contributed by atoms with Crippen LogP contribution in [0.5, 0.6) is 0 Å². The minimum absolute atomic E-state index is 0.184. The van der Waals surface area contributed by atoms with Crippen LogP contribution in [0.2, 0.25) is 5.02 Å². The highest BCUT2D eigenvalue weighted by Gasteiger charge is 2.37. The SMILES string of the molecule is NCC1(Cc2nc(-c3ccc(Cl)cc3)no2)CCC1. The molecule has 2 aromatic rings. The van der Waals surface area contributed by atoms with Gasteiger partial charge in [-0.2, -0.15) is 4.98 Å². The molecule has 0 atom stereocenters. The maximum absolute atomic E-state index is 5.86. The van der Waals surface area contributed by atoms with Crippen LogP contribution in [-0.2, 0) is 6.42 Å². The smallest absolute Gasteiger partial charge is 0.227 e. The first-order chi connectivity index (χ1) is 9.21. The molecule has 5 heteroatoms. The third-order valence-corrected chi connectivity index (χ3v) is 4.20. The predicted octanol–water partition coefficient (Wildman–Crippen LogP) is 3.06. The van der Waals surface area contributed by atoms with Crippen LogP contribution in [0.4, 0.5) is 0 Å². The summed E-state index contributed by atoms with van der Waals surface area (Å²) in [5.41, 5.74) is 6.94. The highest BCUT2D eigenvalue weighted by molar-refractivity contribution is 6.30. The molecule has 0 spiro atoms. The molecule has 3 rings (SSSR count). The summed E-state index contributed by atoms with van der Waals surface area (Å²) >= 11 is 5.86. The predicted molar refractivity (Wildman–Crippen MR) is 73.8 cm³/mol.